The third kappa shape index (κ3) is 4.15. The van der Waals surface area contributed by atoms with Crippen molar-refractivity contribution in [3.8, 4) is 5.75 Å². The number of nitrogens with zero attached hydrogens (tertiary/aromatic N) is 3. The van der Waals surface area contributed by atoms with Crippen LogP contribution < -0.4 is 10.1 Å². The third-order valence-corrected chi connectivity index (χ3v) is 4.25. The van der Waals surface area contributed by atoms with Crippen LogP contribution in [-0.2, 0) is 28.0 Å². The first kappa shape index (κ1) is 19.4. The van der Waals surface area contributed by atoms with Crippen LogP contribution >= 0.6 is 0 Å². The van der Waals surface area contributed by atoms with Crippen molar-refractivity contribution >= 4 is 17.6 Å². The third-order valence-electron chi connectivity index (χ3n) is 4.25. The maximum atomic E-state index is 12.7. The Labute approximate surface area is 162 Å². The van der Waals surface area contributed by atoms with Gasteiger partial charge in [-0.2, -0.15) is 5.10 Å². The second kappa shape index (κ2) is 8.57. The van der Waals surface area contributed by atoms with Crippen molar-refractivity contribution in [2.75, 3.05) is 32.1 Å². The van der Waals surface area contributed by atoms with Gasteiger partial charge in [0.25, 0.3) is 5.91 Å². The van der Waals surface area contributed by atoms with E-state index in [0.717, 1.165) is 5.56 Å². The Balaban J connectivity index is 1.82. The van der Waals surface area contributed by atoms with E-state index in [1.807, 2.05) is 19.3 Å². The molecule has 0 spiro atoms. The molecule has 2 heterocycles. The van der Waals surface area contributed by atoms with Crippen molar-refractivity contribution in [3.63, 3.8) is 0 Å². The van der Waals surface area contributed by atoms with Crippen molar-refractivity contribution in [1.82, 2.24) is 14.7 Å². The minimum atomic E-state index is -0.593. The highest BCUT2D eigenvalue weighted by Crippen LogP contribution is 2.29. The van der Waals surface area contributed by atoms with Gasteiger partial charge in [-0.15, -0.1) is 0 Å². The molecule has 1 aliphatic rings. The highest BCUT2D eigenvalue weighted by atomic mass is 16.5. The minimum absolute atomic E-state index is 0.0765. The van der Waals surface area contributed by atoms with E-state index in [-0.39, 0.29) is 36.9 Å². The molecule has 9 nitrogen and oxygen atoms in total. The summed E-state index contributed by atoms with van der Waals surface area (Å²) in [6.45, 7) is 0.315. The molecule has 0 aliphatic carbocycles. The van der Waals surface area contributed by atoms with E-state index in [4.69, 9.17) is 14.6 Å². The number of esters is 1. The lowest BCUT2D eigenvalue weighted by Crippen LogP contribution is -2.31. The highest BCUT2D eigenvalue weighted by molar-refractivity contribution is 6.08. The molecule has 3 rings (SSSR count). The Bertz CT molecular complexity index is 905. The van der Waals surface area contributed by atoms with Crippen LogP contribution in [0.1, 0.15) is 5.56 Å². The first-order chi connectivity index (χ1) is 13.5. The summed E-state index contributed by atoms with van der Waals surface area (Å²) in [5.41, 5.74) is 1.78. The molecule has 2 N–H and O–H groups in total. The largest absolute Gasteiger partial charge is 0.487 e. The number of aliphatic hydroxyl groups excluding tert-OH is 1. The molecule has 0 bridgehead atoms. The van der Waals surface area contributed by atoms with Crippen molar-refractivity contribution in [2.45, 2.75) is 6.61 Å². The Kier molecular flexibility index (Phi) is 5.95. The normalized spacial score (nSPS) is 13.8. The first-order valence-electron chi connectivity index (χ1n) is 8.71. The molecule has 28 heavy (non-hydrogen) atoms. The number of benzene rings is 1. The Hall–Kier alpha value is -3.33. The van der Waals surface area contributed by atoms with Gasteiger partial charge in [-0.05, 0) is 12.1 Å². The fourth-order valence-corrected chi connectivity index (χ4v) is 2.89. The van der Waals surface area contributed by atoms with E-state index in [9.17, 15) is 9.59 Å². The van der Waals surface area contributed by atoms with Gasteiger partial charge in [-0.25, -0.2) is 4.79 Å². The summed E-state index contributed by atoms with van der Waals surface area (Å²) in [5.74, 6) is -0.446. The standard InChI is InChI=1S/C19H22N4O5/c1-22-10-13(9-20-22)12-28-16-6-4-3-5-15(16)21-17-14(19(26)27-2)11-23(7-8-24)18(17)25/h3-6,9-10,21,24H,7-8,11-12H2,1-2H3. The number of amides is 1. The molecule has 9 heteroatoms. The number of hydrogen-bond acceptors (Lipinski definition) is 7. The molecule has 1 amide bonds. The number of rotatable bonds is 8. The molecule has 1 aromatic heterocycles. The van der Waals surface area contributed by atoms with Crippen molar-refractivity contribution in [2.24, 2.45) is 7.05 Å². The molecular formula is C19H22N4O5. The van der Waals surface area contributed by atoms with Crippen LogP contribution in [-0.4, -0.2) is 58.5 Å². The van der Waals surface area contributed by atoms with Gasteiger partial charge >= 0.3 is 5.97 Å². The number of carbonyl (C=O) groups excluding carboxylic acids is 2. The van der Waals surface area contributed by atoms with E-state index in [1.54, 1.807) is 29.1 Å². The Morgan fingerprint density at radius 3 is 2.82 bits per heavy atom. The number of methoxy groups -OCH3 is 1. The lowest BCUT2D eigenvalue weighted by atomic mass is 10.2. The predicted octanol–water partition coefficient (Wildman–Crippen LogP) is 0.673. The lowest BCUT2D eigenvalue weighted by molar-refractivity contribution is -0.136. The summed E-state index contributed by atoms with van der Waals surface area (Å²) in [6.07, 6.45) is 3.56. The van der Waals surface area contributed by atoms with Crippen molar-refractivity contribution < 1.29 is 24.2 Å². The number of nitrogens with one attached hydrogen (secondary N) is 1. The van der Waals surface area contributed by atoms with Gasteiger partial charge in [0.2, 0.25) is 0 Å². The van der Waals surface area contributed by atoms with Crippen LogP contribution in [0.25, 0.3) is 0 Å². The van der Waals surface area contributed by atoms with E-state index in [0.29, 0.717) is 18.0 Å². The molecule has 1 aliphatic heterocycles. The average molecular weight is 386 g/mol. The van der Waals surface area contributed by atoms with Gasteiger partial charge in [0.05, 0.1) is 37.7 Å². The van der Waals surface area contributed by atoms with Crippen LogP contribution in [0.2, 0.25) is 0 Å². The summed E-state index contributed by atoms with van der Waals surface area (Å²) in [6, 6.07) is 7.13. The highest BCUT2D eigenvalue weighted by Gasteiger charge is 2.34. The van der Waals surface area contributed by atoms with Gasteiger partial charge in [0, 0.05) is 25.4 Å². The van der Waals surface area contributed by atoms with Gasteiger partial charge in [0.1, 0.15) is 18.1 Å². The van der Waals surface area contributed by atoms with E-state index >= 15 is 0 Å². The SMILES string of the molecule is COC(=O)C1=C(Nc2ccccc2OCc2cnn(C)c2)C(=O)N(CCO)C1. The fraction of sp³-hybridized carbons (Fsp3) is 0.316. The number of ether oxygens (including phenoxy) is 2. The van der Waals surface area contributed by atoms with Crippen LogP contribution in [0, 0.1) is 0 Å². The van der Waals surface area contributed by atoms with Gasteiger partial charge in [-0.3, -0.25) is 9.48 Å². The predicted molar refractivity (Wildman–Crippen MR) is 100 cm³/mol. The Morgan fingerprint density at radius 2 is 2.14 bits per heavy atom. The molecule has 0 saturated heterocycles. The topological polar surface area (TPSA) is 106 Å². The van der Waals surface area contributed by atoms with Gasteiger partial charge < -0.3 is 24.8 Å². The number of aliphatic hydroxyl groups is 1. The minimum Gasteiger partial charge on any atom is -0.487 e. The number of hydrogen-bond donors (Lipinski definition) is 2. The molecule has 0 atom stereocenters. The fourth-order valence-electron chi connectivity index (χ4n) is 2.89. The molecule has 1 aromatic carbocycles. The monoisotopic (exact) mass is 386 g/mol. The maximum Gasteiger partial charge on any atom is 0.337 e. The van der Waals surface area contributed by atoms with Crippen molar-refractivity contribution in [3.05, 3.63) is 53.5 Å². The quantitative estimate of drug-likeness (QED) is 0.643. The van der Waals surface area contributed by atoms with E-state index < -0.39 is 5.97 Å². The van der Waals surface area contributed by atoms with E-state index in [1.165, 1.54) is 12.0 Å². The van der Waals surface area contributed by atoms with E-state index in [2.05, 4.69) is 10.4 Å². The van der Waals surface area contributed by atoms with Gasteiger partial charge in [0.15, 0.2) is 0 Å². The molecule has 148 valence electrons. The molecule has 0 fully saturated rings. The second-order valence-corrected chi connectivity index (χ2v) is 6.23. The molecule has 0 unspecified atom stereocenters. The van der Waals surface area contributed by atoms with Crippen LogP contribution in [0.4, 0.5) is 5.69 Å². The zero-order valence-electron chi connectivity index (χ0n) is 15.7. The summed E-state index contributed by atoms with van der Waals surface area (Å²) in [5, 5.41) is 16.3. The summed E-state index contributed by atoms with van der Waals surface area (Å²) < 4.78 is 12.3. The van der Waals surface area contributed by atoms with Crippen LogP contribution in [0.3, 0.4) is 0 Å². The lowest BCUT2D eigenvalue weighted by Gasteiger charge is -2.16. The number of para-hydroxylation sites is 2. The number of anilines is 1. The van der Waals surface area contributed by atoms with Gasteiger partial charge in [-0.1, -0.05) is 12.1 Å². The zero-order valence-corrected chi connectivity index (χ0v) is 15.7. The molecule has 0 saturated carbocycles. The number of aromatic nitrogens is 2. The number of aryl methyl sites for hydroxylation is 1. The summed E-state index contributed by atoms with van der Waals surface area (Å²) >= 11 is 0. The number of carbonyl (C=O) groups is 2. The number of β-amino-alcohol motifs (C(OH)–C–C–N with tert-alkyl or cyclic N) is 1. The molecule has 2 aromatic rings. The van der Waals surface area contributed by atoms with Crippen LogP contribution in [0.5, 0.6) is 5.75 Å². The first-order valence-corrected chi connectivity index (χ1v) is 8.71. The smallest absolute Gasteiger partial charge is 0.337 e. The maximum absolute atomic E-state index is 12.7. The zero-order chi connectivity index (χ0) is 20.1. The van der Waals surface area contributed by atoms with Crippen LogP contribution in [0.15, 0.2) is 47.9 Å². The van der Waals surface area contributed by atoms with Crippen molar-refractivity contribution in [1.29, 1.82) is 0 Å². The summed E-state index contributed by atoms with van der Waals surface area (Å²) in [7, 11) is 3.08. The molecule has 0 radical (unpaired) electrons. The summed E-state index contributed by atoms with van der Waals surface area (Å²) in [4.78, 5) is 26.1. The second-order valence-electron chi connectivity index (χ2n) is 6.23. The average Bonchev–Trinajstić information content (AvgIpc) is 3.25. The Morgan fingerprint density at radius 1 is 1.36 bits per heavy atom. The molecular weight excluding hydrogens is 364 g/mol.